The summed E-state index contributed by atoms with van der Waals surface area (Å²) in [6.45, 7) is 1.69. The molecule has 0 fully saturated rings. The number of hydrogen-bond acceptors (Lipinski definition) is 8. The molecule has 0 saturated carbocycles. The molecule has 9 nitrogen and oxygen atoms in total. The fraction of sp³-hybridized carbons (Fsp3) is 0.190. The highest BCUT2D eigenvalue weighted by Crippen LogP contribution is 2.30. The molecule has 1 aromatic heterocycles. The molecule has 0 aliphatic carbocycles. The predicted octanol–water partition coefficient (Wildman–Crippen LogP) is 3.96. The summed E-state index contributed by atoms with van der Waals surface area (Å²) in [4.78, 5) is 36.1. The number of ether oxygens (including phenoxy) is 3. The van der Waals surface area contributed by atoms with E-state index in [1.54, 1.807) is 19.1 Å². The standard InChI is InChI=1S/C21H19ClN2O7/c1-3-29-21(27)24-12-4-5-13-11(6-19(25)31-18(13)7-12)10-30-20(26)14-8-15(22)16(23)9-17(14)28-2/h4-9H,3,10,23H2,1-2H3,(H,24,27). The number of anilines is 2. The first-order valence-corrected chi connectivity index (χ1v) is 9.50. The minimum absolute atomic E-state index is 0.0925. The molecule has 0 radical (unpaired) electrons. The third-order valence-electron chi connectivity index (χ3n) is 4.25. The summed E-state index contributed by atoms with van der Waals surface area (Å²) in [5, 5.41) is 3.24. The molecular weight excluding hydrogens is 428 g/mol. The van der Waals surface area contributed by atoms with Crippen molar-refractivity contribution in [2.75, 3.05) is 24.8 Å². The Kier molecular flexibility index (Phi) is 6.66. The number of nitrogens with two attached hydrogens (primary N) is 1. The summed E-state index contributed by atoms with van der Waals surface area (Å²) in [7, 11) is 1.39. The molecule has 3 rings (SSSR count). The third kappa shape index (κ3) is 5.07. The number of carbonyl (C=O) groups is 2. The van der Waals surface area contributed by atoms with Crippen LogP contribution in [0.2, 0.25) is 5.02 Å². The molecule has 1 amide bonds. The lowest BCUT2D eigenvalue weighted by Crippen LogP contribution is -2.13. The summed E-state index contributed by atoms with van der Waals surface area (Å²) >= 11 is 5.99. The summed E-state index contributed by atoms with van der Waals surface area (Å²) in [5.74, 6) is -0.500. The molecule has 10 heteroatoms. The normalized spacial score (nSPS) is 10.5. The Morgan fingerprint density at radius 3 is 2.65 bits per heavy atom. The van der Waals surface area contributed by atoms with Crippen LogP contribution in [-0.2, 0) is 16.1 Å². The maximum atomic E-state index is 12.6. The van der Waals surface area contributed by atoms with Crippen molar-refractivity contribution in [1.82, 2.24) is 0 Å². The Balaban J connectivity index is 1.85. The van der Waals surface area contributed by atoms with Gasteiger partial charge in [-0.05, 0) is 25.1 Å². The molecule has 0 aliphatic rings. The van der Waals surface area contributed by atoms with Crippen LogP contribution in [0.15, 0.2) is 45.6 Å². The van der Waals surface area contributed by atoms with Crippen LogP contribution in [0.25, 0.3) is 11.0 Å². The van der Waals surface area contributed by atoms with E-state index in [2.05, 4.69) is 5.32 Å². The van der Waals surface area contributed by atoms with Crippen molar-refractivity contribution in [1.29, 1.82) is 0 Å². The highest BCUT2D eigenvalue weighted by Gasteiger charge is 2.18. The van der Waals surface area contributed by atoms with E-state index in [-0.39, 0.29) is 40.8 Å². The zero-order chi connectivity index (χ0) is 22.5. The van der Waals surface area contributed by atoms with Crippen molar-refractivity contribution < 1.29 is 28.2 Å². The molecule has 0 bridgehead atoms. The van der Waals surface area contributed by atoms with Gasteiger partial charge in [0.05, 0.1) is 24.4 Å². The van der Waals surface area contributed by atoms with Gasteiger partial charge < -0.3 is 24.4 Å². The first-order valence-electron chi connectivity index (χ1n) is 9.13. The van der Waals surface area contributed by atoms with E-state index in [9.17, 15) is 14.4 Å². The van der Waals surface area contributed by atoms with Crippen molar-refractivity contribution in [3.63, 3.8) is 0 Å². The Morgan fingerprint density at radius 2 is 1.94 bits per heavy atom. The number of nitrogen functional groups attached to an aromatic ring is 1. The first-order chi connectivity index (χ1) is 14.8. The summed E-state index contributed by atoms with van der Waals surface area (Å²) in [5.41, 5.74) is 6.44. The molecule has 162 valence electrons. The van der Waals surface area contributed by atoms with Crippen molar-refractivity contribution in [2.24, 2.45) is 0 Å². The number of hydrogen-bond donors (Lipinski definition) is 2. The van der Waals surface area contributed by atoms with E-state index >= 15 is 0 Å². The number of esters is 1. The Labute approximate surface area is 181 Å². The summed E-state index contributed by atoms with van der Waals surface area (Å²) in [6.07, 6.45) is -0.634. The number of rotatable bonds is 6. The maximum absolute atomic E-state index is 12.6. The number of carbonyl (C=O) groups excluding carboxylic acids is 2. The van der Waals surface area contributed by atoms with Crippen molar-refractivity contribution in [3.05, 3.63) is 63.0 Å². The maximum Gasteiger partial charge on any atom is 0.411 e. The molecule has 0 saturated heterocycles. The number of fused-ring (bicyclic) bond motifs is 1. The number of nitrogens with one attached hydrogen (secondary N) is 1. The molecule has 0 unspecified atom stereocenters. The second-order valence-corrected chi connectivity index (χ2v) is 6.70. The van der Waals surface area contributed by atoms with Crippen LogP contribution in [0.3, 0.4) is 0 Å². The van der Waals surface area contributed by atoms with E-state index in [4.69, 9.17) is 36.0 Å². The summed E-state index contributed by atoms with van der Waals surface area (Å²) < 4.78 is 20.5. The van der Waals surface area contributed by atoms with Crippen LogP contribution in [0.4, 0.5) is 16.2 Å². The lowest BCUT2D eigenvalue weighted by atomic mass is 10.1. The average Bonchev–Trinajstić information content (AvgIpc) is 2.73. The predicted molar refractivity (Wildman–Crippen MR) is 115 cm³/mol. The minimum atomic E-state index is -0.708. The molecule has 2 aromatic carbocycles. The van der Waals surface area contributed by atoms with Gasteiger partial charge in [-0.2, -0.15) is 0 Å². The summed E-state index contributed by atoms with van der Waals surface area (Å²) in [6, 6.07) is 8.70. The number of halogens is 1. The van der Waals surface area contributed by atoms with Gasteiger partial charge in [-0.1, -0.05) is 11.6 Å². The van der Waals surface area contributed by atoms with Crippen molar-refractivity contribution in [2.45, 2.75) is 13.5 Å². The van der Waals surface area contributed by atoms with Crippen LogP contribution in [0, 0.1) is 0 Å². The van der Waals surface area contributed by atoms with Gasteiger partial charge in [-0.25, -0.2) is 14.4 Å². The first kappa shape index (κ1) is 22.0. The monoisotopic (exact) mass is 446 g/mol. The molecule has 0 spiro atoms. The third-order valence-corrected chi connectivity index (χ3v) is 4.58. The SMILES string of the molecule is CCOC(=O)Nc1ccc2c(COC(=O)c3cc(Cl)c(N)cc3OC)cc(=O)oc2c1. The molecule has 3 N–H and O–H groups in total. The highest BCUT2D eigenvalue weighted by molar-refractivity contribution is 6.33. The largest absolute Gasteiger partial charge is 0.496 e. The number of amides is 1. The van der Waals surface area contributed by atoms with E-state index in [0.717, 1.165) is 0 Å². The van der Waals surface area contributed by atoms with E-state index in [1.165, 1.54) is 31.4 Å². The van der Waals surface area contributed by atoms with Gasteiger partial charge in [0.2, 0.25) is 0 Å². The Hall–Kier alpha value is -3.72. The smallest absolute Gasteiger partial charge is 0.411 e. The van der Waals surface area contributed by atoms with Crippen LogP contribution >= 0.6 is 11.6 Å². The fourth-order valence-corrected chi connectivity index (χ4v) is 2.99. The van der Waals surface area contributed by atoms with Gasteiger partial charge >= 0.3 is 17.7 Å². The molecular formula is C21H19ClN2O7. The van der Waals surface area contributed by atoms with Gasteiger partial charge in [0.1, 0.15) is 23.5 Å². The van der Waals surface area contributed by atoms with Crippen molar-refractivity contribution in [3.8, 4) is 5.75 Å². The molecule has 3 aromatic rings. The lowest BCUT2D eigenvalue weighted by molar-refractivity contribution is 0.0470. The quantitative estimate of drug-likeness (QED) is 0.330. The lowest BCUT2D eigenvalue weighted by Gasteiger charge is -2.12. The van der Waals surface area contributed by atoms with E-state index < -0.39 is 17.7 Å². The average molecular weight is 447 g/mol. The van der Waals surface area contributed by atoms with Gasteiger partial charge in [0.25, 0.3) is 0 Å². The van der Waals surface area contributed by atoms with Crippen molar-refractivity contribution >= 4 is 46.0 Å². The van der Waals surface area contributed by atoms with Crippen LogP contribution in [-0.4, -0.2) is 25.8 Å². The second-order valence-electron chi connectivity index (χ2n) is 6.30. The van der Waals surface area contributed by atoms with E-state index in [0.29, 0.717) is 16.6 Å². The molecule has 0 atom stereocenters. The molecule has 1 heterocycles. The molecule has 31 heavy (non-hydrogen) atoms. The fourth-order valence-electron chi connectivity index (χ4n) is 2.83. The highest BCUT2D eigenvalue weighted by atomic mass is 35.5. The Morgan fingerprint density at radius 1 is 1.16 bits per heavy atom. The Bertz CT molecular complexity index is 1210. The van der Waals surface area contributed by atoms with Crippen LogP contribution in [0.1, 0.15) is 22.8 Å². The number of methoxy groups -OCH3 is 1. The molecule has 0 aliphatic heterocycles. The van der Waals surface area contributed by atoms with Crippen LogP contribution < -0.4 is 21.4 Å². The number of benzene rings is 2. The van der Waals surface area contributed by atoms with Gasteiger partial charge in [-0.15, -0.1) is 0 Å². The second kappa shape index (κ2) is 9.40. The topological polar surface area (TPSA) is 130 Å². The van der Waals surface area contributed by atoms with Crippen LogP contribution in [0.5, 0.6) is 5.75 Å². The van der Waals surface area contributed by atoms with Gasteiger partial charge in [-0.3, -0.25) is 5.32 Å². The zero-order valence-corrected chi connectivity index (χ0v) is 17.4. The van der Waals surface area contributed by atoms with E-state index in [1.807, 2.05) is 0 Å². The van der Waals surface area contributed by atoms with Gasteiger partial charge in [0, 0.05) is 34.8 Å². The zero-order valence-electron chi connectivity index (χ0n) is 16.7. The van der Waals surface area contributed by atoms with Gasteiger partial charge in [0.15, 0.2) is 0 Å². The minimum Gasteiger partial charge on any atom is -0.496 e.